The zero-order chi connectivity index (χ0) is 14.8. The van der Waals surface area contributed by atoms with Gasteiger partial charge in [-0.2, -0.15) is 0 Å². The second-order valence-corrected chi connectivity index (χ2v) is 5.31. The third-order valence-electron chi connectivity index (χ3n) is 3.84. The summed E-state index contributed by atoms with van der Waals surface area (Å²) in [4.78, 5) is 14.3. The van der Waals surface area contributed by atoms with Gasteiger partial charge >= 0.3 is 0 Å². The van der Waals surface area contributed by atoms with Crippen LogP contribution in [0.4, 0.5) is 4.39 Å². The van der Waals surface area contributed by atoms with E-state index in [1.54, 1.807) is 0 Å². The van der Waals surface area contributed by atoms with Crippen molar-refractivity contribution in [3.63, 3.8) is 0 Å². The van der Waals surface area contributed by atoms with Crippen LogP contribution < -0.4 is 0 Å². The largest absolute Gasteiger partial charge is 0.507 e. The average molecular weight is 285 g/mol. The molecule has 0 amide bonds. The molecule has 0 bridgehead atoms. The molecule has 1 aliphatic rings. The fourth-order valence-corrected chi connectivity index (χ4v) is 2.71. The number of benzene rings is 2. The highest BCUT2D eigenvalue weighted by atomic mass is 19.1. The number of hydrogen-bond donors (Lipinski definition) is 1. The number of Topliss-reactive ketones (excluding diaryl/α,β-unsaturated/α-hetero) is 1. The predicted octanol–water partition coefficient (Wildman–Crippen LogP) is 2.77. The fraction of sp³-hybridized carbons (Fsp3) is 0.235. The Hall–Kier alpha value is -2.20. The second kappa shape index (κ2) is 5.66. The van der Waals surface area contributed by atoms with Crippen molar-refractivity contribution in [2.75, 3.05) is 13.1 Å². The Bertz CT molecular complexity index is 684. The summed E-state index contributed by atoms with van der Waals surface area (Å²) in [5.74, 6) is -0.940. The molecule has 3 nitrogen and oxygen atoms in total. The quantitative estimate of drug-likeness (QED) is 0.882. The van der Waals surface area contributed by atoms with Gasteiger partial charge in [0.1, 0.15) is 11.6 Å². The van der Waals surface area contributed by atoms with E-state index in [9.17, 15) is 14.3 Å². The Labute approximate surface area is 122 Å². The number of nitrogens with zero attached hydrogens (tertiary/aromatic N) is 1. The molecule has 0 fully saturated rings. The number of aromatic hydroxyl groups is 1. The summed E-state index contributed by atoms with van der Waals surface area (Å²) in [6.07, 6.45) is 0.901. The van der Waals surface area contributed by atoms with Gasteiger partial charge in [-0.25, -0.2) is 4.39 Å². The lowest BCUT2D eigenvalue weighted by atomic mass is 9.99. The SMILES string of the molecule is O=C(CN1CCc2ccccc2C1)c1cc(F)ccc1O. The van der Waals surface area contributed by atoms with Crippen LogP contribution in [0, 0.1) is 5.82 Å². The number of carbonyl (C=O) groups is 1. The van der Waals surface area contributed by atoms with Gasteiger partial charge < -0.3 is 5.11 Å². The Balaban J connectivity index is 1.73. The van der Waals surface area contributed by atoms with Gasteiger partial charge in [0.25, 0.3) is 0 Å². The molecule has 0 spiro atoms. The predicted molar refractivity (Wildman–Crippen MR) is 77.8 cm³/mol. The zero-order valence-corrected chi connectivity index (χ0v) is 11.6. The van der Waals surface area contributed by atoms with Crippen LogP contribution in [0.25, 0.3) is 0 Å². The van der Waals surface area contributed by atoms with Crippen molar-refractivity contribution >= 4 is 5.78 Å². The minimum atomic E-state index is -0.514. The van der Waals surface area contributed by atoms with Crippen LogP contribution in [0.15, 0.2) is 42.5 Å². The van der Waals surface area contributed by atoms with Crippen LogP contribution in [-0.2, 0) is 13.0 Å². The number of carbonyl (C=O) groups excluding carboxylic acids is 1. The maximum absolute atomic E-state index is 13.2. The molecule has 1 N–H and O–H groups in total. The normalized spacial score (nSPS) is 14.7. The number of rotatable bonds is 3. The zero-order valence-electron chi connectivity index (χ0n) is 11.6. The van der Waals surface area contributed by atoms with Crippen molar-refractivity contribution in [2.45, 2.75) is 13.0 Å². The van der Waals surface area contributed by atoms with E-state index in [2.05, 4.69) is 12.1 Å². The highest BCUT2D eigenvalue weighted by Gasteiger charge is 2.20. The van der Waals surface area contributed by atoms with E-state index in [4.69, 9.17) is 0 Å². The molecule has 0 saturated heterocycles. The summed E-state index contributed by atoms with van der Waals surface area (Å²) in [6.45, 7) is 1.68. The molecule has 4 heteroatoms. The third kappa shape index (κ3) is 2.95. The first-order chi connectivity index (χ1) is 10.1. The number of ketones is 1. The highest BCUT2D eigenvalue weighted by Crippen LogP contribution is 2.21. The van der Waals surface area contributed by atoms with Gasteiger partial charge in [-0.1, -0.05) is 24.3 Å². The average Bonchev–Trinajstić information content (AvgIpc) is 2.49. The molecule has 108 valence electrons. The number of phenols is 1. The second-order valence-electron chi connectivity index (χ2n) is 5.31. The van der Waals surface area contributed by atoms with Gasteiger partial charge in [-0.3, -0.25) is 9.69 Å². The summed E-state index contributed by atoms with van der Waals surface area (Å²) in [6, 6.07) is 11.6. The van der Waals surface area contributed by atoms with Crippen LogP contribution >= 0.6 is 0 Å². The molecule has 0 aliphatic carbocycles. The molecule has 0 unspecified atom stereocenters. The first-order valence-electron chi connectivity index (χ1n) is 6.94. The summed E-state index contributed by atoms with van der Waals surface area (Å²) in [7, 11) is 0. The van der Waals surface area contributed by atoms with Crippen molar-refractivity contribution in [3.8, 4) is 5.75 Å². The molecule has 3 rings (SSSR count). The minimum Gasteiger partial charge on any atom is -0.507 e. The van der Waals surface area contributed by atoms with Crippen molar-refractivity contribution in [2.24, 2.45) is 0 Å². The van der Waals surface area contributed by atoms with E-state index in [1.807, 2.05) is 17.0 Å². The lowest BCUT2D eigenvalue weighted by Crippen LogP contribution is -2.34. The Morgan fingerprint density at radius 1 is 1.19 bits per heavy atom. The smallest absolute Gasteiger partial charge is 0.180 e. The maximum Gasteiger partial charge on any atom is 0.180 e. The van der Waals surface area contributed by atoms with Crippen molar-refractivity contribution < 1.29 is 14.3 Å². The topological polar surface area (TPSA) is 40.5 Å². The van der Waals surface area contributed by atoms with Gasteiger partial charge in [-0.15, -0.1) is 0 Å². The molecule has 1 aliphatic heterocycles. The van der Waals surface area contributed by atoms with Crippen LogP contribution in [-0.4, -0.2) is 28.9 Å². The van der Waals surface area contributed by atoms with Crippen molar-refractivity contribution in [3.05, 3.63) is 65.0 Å². The molecule has 0 aromatic heterocycles. The van der Waals surface area contributed by atoms with Gasteiger partial charge in [0.15, 0.2) is 5.78 Å². The van der Waals surface area contributed by atoms with Gasteiger partial charge in [0.2, 0.25) is 0 Å². The number of fused-ring (bicyclic) bond motifs is 1. The molecule has 0 saturated carbocycles. The first kappa shape index (κ1) is 13.8. The third-order valence-corrected chi connectivity index (χ3v) is 3.84. The summed E-state index contributed by atoms with van der Waals surface area (Å²) in [5, 5.41) is 9.69. The standard InChI is InChI=1S/C17H16FNO2/c18-14-5-6-16(20)15(9-14)17(21)11-19-8-7-12-3-1-2-4-13(12)10-19/h1-6,9,20H,7-8,10-11H2. The van der Waals surface area contributed by atoms with Crippen molar-refractivity contribution in [1.29, 1.82) is 0 Å². The lowest BCUT2D eigenvalue weighted by Gasteiger charge is -2.28. The van der Waals surface area contributed by atoms with Crippen LogP contribution in [0.3, 0.4) is 0 Å². The van der Waals surface area contributed by atoms with E-state index in [-0.39, 0.29) is 23.6 Å². The minimum absolute atomic E-state index is 0.0499. The van der Waals surface area contributed by atoms with Gasteiger partial charge in [0.05, 0.1) is 12.1 Å². The van der Waals surface area contributed by atoms with E-state index < -0.39 is 5.82 Å². The molecular weight excluding hydrogens is 269 g/mol. The van der Waals surface area contributed by atoms with Crippen molar-refractivity contribution in [1.82, 2.24) is 4.90 Å². The van der Waals surface area contributed by atoms with Gasteiger partial charge in [-0.05, 0) is 35.7 Å². The van der Waals surface area contributed by atoms with E-state index in [0.29, 0.717) is 6.54 Å². The highest BCUT2D eigenvalue weighted by molar-refractivity contribution is 6.00. The fourth-order valence-electron chi connectivity index (χ4n) is 2.71. The monoisotopic (exact) mass is 285 g/mol. The molecule has 0 radical (unpaired) electrons. The molecule has 1 heterocycles. The summed E-state index contributed by atoms with van der Waals surface area (Å²) in [5.41, 5.74) is 2.59. The first-order valence-corrected chi connectivity index (χ1v) is 6.94. The Kier molecular flexibility index (Phi) is 3.71. The van der Waals surface area contributed by atoms with Gasteiger partial charge in [0, 0.05) is 13.1 Å². The van der Waals surface area contributed by atoms with E-state index in [0.717, 1.165) is 25.1 Å². The molecule has 2 aromatic carbocycles. The number of halogens is 1. The number of hydrogen-bond acceptors (Lipinski definition) is 3. The van der Waals surface area contributed by atoms with Crippen LogP contribution in [0.5, 0.6) is 5.75 Å². The Morgan fingerprint density at radius 3 is 2.76 bits per heavy atom. The number of phenolic OH excluding ortho intramolecular Hbond substituents is 1. The molecular formula is C17H16FNO2. The summed E-state index contributed by atoms with van der Waals surface area (Å²) >= 11 is 0. The summed E-state index contributed by atoms with van der Waals surface area (Å²) < 4.78 is 13.2. The molecule has 0 atom stereocenters. The lowest BCUT2D eigenvalue weighted by molar-refractivity contribution is 0.0918. The molecule has 2 aromatic rings. The van der Waals surface area contributed by atoms with Crippen LogP contribution in [0.1, 0.15) is 21.5 Å². The maximum atomic E-state index is 13.2. The molecule has 21 heavy (non-hydrogen) atoms. The van der Waals surface area contributed by atoms with E-state index in [1.165, 1.54) is 17.2 Å². The van der Waals surface area contributed by atoms with E-state index >= 15 is 0 Å². The van der Waals surface area contributed by atoms with Crippen LogP contribution in [0.2, 0.25) is 0 Å². The Morgan fingerprint density at radius 2 is 1.95 bits per heavy atom.